The van der Waals surface area contributed by atoms with Crippen LogP contribution in [0.3, 0.4) is 0 Å². The molecule has 0 amide bonds. The van der Waals surface area contributed by atoms with Crippen molar-refractivity contribution in [3.8, 4) is 17.2 Å². The van der Waals surface area contributed by atoms with Crippen molar-refractivity contribution < 1.29 is 14.6 Å². The summed E-state index contributed by atoms with van der Waals surface area (Å²) < 4.78 is 12.0. The molecule has 0 fully saturated rings. The highest BCUT2D eigenvalue weighted by Gasteiger charge is 2.42. The standard InChI is InChI=1S/C23H20N2O3/c1-27-21-13-7-11-17-19-14-18(16-10-5-6-12-20(16)26)24-25(19)23(28-22(17)21)15-8-3-2-4-9-15/h2-13,19,23,26H,14H2,1H3/t19-,23-/m1/s1. The van der Waals surface area contributed by atoms with Gasteiger partial charge in [0.15, 0.2) is 11.5 Å². The predicted octanol–water partition coefficient (Wildman–Crippen LogP) is 4.64. The van der Waals surface area contributed by atoms with E-state index < -0.39 is 0 Å². The molecule has 2 aliphatic rings. The Morgan fingerprint density at radius 3 is 2.57 bits per heavy atom. The molecule has 3 aromatic rings. The first kappa shape index (κ1) is 16.7. The summed E-state index contributed by atoms with van der Waals surface area (Å²) >= 11 is 0. The number of hydrogen-bond donors (Lipinski definition) is 1. The molecule has 140 valence electrons. The number of hydrogen-bond acceptors (Lipinski definition) is 5. The quantitative estimate of drug-likeness (QED) is 0.728. The number of hydrazone groups is 1. The lowest BCUT2D eigenvalue weighted by molar-refractivity contribution is -0.0209. The van der Waals surface area contributed by atoms with E-state index in [2.05, 4.69) is 6.07 Å². The number of rotatable bonds is 3. The van der Waals surface area contributed by atoms with E-state index in [-0.39, 0.29) is 18.0 Å². The van der Waals surface area contributed by atoms with Crippen molar-refractivity contribution >= 4 is 5.71 Å². The van der Waals surface area contributed by atoms with Crippen LogP contribution in [0.2, 0.25) is 0 Å². The van der Waals surface area contributed by atoms with Crippen LogP contribution in [0, 0.1) is 0 Å². The molecular formula is C23H20N2O3. The molecule has 28 heavy (non-hydrogen) atoms. The van der Waals surface area contributed by atoms with Gasteiger partial charge in [0.1, 0.15) is 5.75 Å². The van der Waals surface area contributed by atoms with Crippen LogP contribution in [0.4, 0.5) is 0 Å². The molecule has 2 atom stereocenters. The molecule has 0 aromatic heterocycles. The number of benzene rings is 3. The summed E-state index contributed by atoms with van der Waals surface area (Å²) in [7, 11) is 1.65. The summed E-state index contributed by atoms with van der Waals surface area (Å²) in [6.07, 6.45) is 0.322. The molecular weight excluding hydrogens is 352 g/mol. The fraction of sp³-hybridized carbons (Fsp3) is 0.174. The summed E-state index contributed by atoms with van der Waals surface area (Å²) in [6, 6.07) is 23.3. The minimum absolute atomic E-state index is 0.0127. The van der Waals surface area contributed by atoms with Gasteiger partial charge in [-0.05, 0) is 18.2 Å². The number of para-hydroxylation sites is 2. The van der Waals surface area contributed by atoms with Crippen molar-refractivity contribution in [1.29, 1.82) is 0 Å². The van der Waals surface area contributed by atoms with Crippen molar-refractivity contribution in [1.82, 2.24) is 5.01 Å². The molecule has 0 radical (unpaired) electrons. The van der Waals surface area contributed by atoms with Crippen LogP contribution < -0.4 is 9.47 Å². The highest BCUT2D eigenvalue weighted by Crippen LogP contribution is 2.50. The number of ether oxygens (including phenoxy) is 2. The zero-order valence-corrected chi connectivity index (χ0v) is 15.4. The minimum Gasteiger partial charge on any atom is -0.507 e. The number of phenols is 1. The Bertz CT molecular complexity index is 1050. The average molecular weight is 372 g/mol. The molecule has 1 N–H and O–H groups in total. The van der Waals surface area contributed by atoms with E-state index in [1.165, 1.54) is 0 Å². The third-order valence-corrected chi connectivity index (χ3v) is 5.30. The lowest BCUT2D eigenvalue weighted by Crippen LogP contribution is -2.33. The van der Waals surface area contributed by atoms with E-state index in [9.17, 15) is 5.11 Å². The molecule has 0 saturated heterocycles. The Morgan fingerprint density at radius 1 is 1.00 bits per heavy atom. The largest absolute Gasteiger partial charge is 0.507 e. The molecule has 5 heteroatoms. The molecule has 0 spiro atoms. The highest BCUT2D eigenvalue weighted by atomic mass is 16.5. The van der Waals surface area contributed by atoms with Gasteiger partial charge in [-0.3, -0.25) is 0 Å². The van der Waals surface area contributed by atoms with E-state index >= 15 is 0 Å². The van der Waals surface area contributed by atoms with Gasteiger partial charge in [0.2, 0.25) is 6.23 Å². The number of aromatic hydroxyl groups is 1. The van der Waals surface area contributed by atoms with Gasteiger partial charge in [0, 0.05) is 23.1 Å². The summed E-state index contributed by atoms with van der Waals surface area (Å²) in [6.45, 7) is 0. The van der Waals surface area contributed by atoms with Gasteiger partial charge in [-0.2, -0.15) is 5.10 Å². The van der Waals surface area contributed by atoms with Crippen molar-refractivity contribution in [3.05, 3.63) is 89.5 Å². The molecule has 0 bridgehead atoms. The molecule has 2 heterocycles. The number of fused-ring (bicyclic) bond motifs is 3. The molecule has 0 aliphatic carbocycles. The first-order valence-electron chi connectivity index (χ1n) is 9.29. The minimum atomic E-state index is -0.363. The average Bonchev–Trinajstić information content (AvgIpc) is 3.19. The molecule has 2 aliphatic heterocycles. The Kier molecular flexibility index (Phi) is 3.93. The predicted molar refractivity (Wildman–Crippen MR) is 107 cm³/mol. The van der Waals surface area contributed by atoms with Gasteiger partial charge in [0.25, 0.3) is 0 Å². The number of phenolic OH excluding ortho intramolecular Hbond substituents is 1. The van der Waals surface area contributed by atoms with Crippen LogP contribution in [0.1, 0.15) is 35.4 Å². The zero-order valence-electron chi connectivity index (χ0n) is 15.4. The van der Waals surface area contributed by atoms with E-state index in [1.807, 2.05) is 65.7 Å². The molecule has 0 saturated carbocycles. The van der Waals surface area contributed by atoms with Crippen molar-refractivity contribution in [2.45, 2.75) is 18.7 Å². The SMILES string of the molecule is COc1cccc2c1O[C@H](c1ccccc1)N1N=C(c3ccccc3O)C[C@H]21. The summed E-state index contributed by atoms with van der Waals surface area (Å²) in [5, 5.41) is 17.2. The Morgan fingerprint density at radius 2 is 1.79 bits per heavy atom. The lowest BCUT2D eigenvalue weighted by atomic mass is 9.95. The van der Waals surface area contributed by atoms with Crippen LogP contribution in [-0.2, 0) is 0 Å². The second-order valence-corrected chi connectivity index (χ2v) is 6.92. The van der Waals surface area contributed by atoms with Crippen LogP contribution >= 0.6 is 0 Å². The maximum absolute atomic E-state index is 10.3. The van der Waals surface area contributed by atoms with Gasteiger partial charge in [-0.15, -0.1) is 0 Å². The fourth-order valence-corrected chi connectivity index (χ4v) is 3.96. The van der Waals surface area contributed by atoms with Gasteiger partial charge in [-0.25, -0.2) is 5.01 Å². The number of nitrogens with zero attached hydrogens (tertiary/aromatic N) is 2. The van der Waals surface area contributed by atoms with Crippen molar-refractivity contribution in [3.63, 3.8) is 0 Å². The lowest BCUT2D eigenvalue weighted by Gasteiger charge is -2.38. The third kappa shape index (κ3) is 2.59. The van der Waals surface area contributed by atoms with E-state index in [0.717, 1.165) is 28.2 Å². The molecule has 3 aromatic carbocycles. The monoisotopic (exact) mass is 372 g/mol. The van der Waals surface area contributed by atoms with Crippen LogP contribution in [-0.4, -0.2) is 22.9 Å². The normalized spacial score (nSPS) is 20.0. The van der Waals surface area contributed by atoms with E-state index in [4.69, 9.17) is 14.6 Å². The van der Waals surface area contributed by atoms with Gasteiger partial charge < -0.3 is 14.6 Å². The first-order valence-corrected chi connectivity index (χ1v) is 9.29. The second-order valence-electron chi connectivity index (χ2n) is 6.92. The smallest absolute Gasteiger partial charge is 0.214 e. The maximum Gasteiger partial charge on any atom is 0.214 e. The van der Waals surface area contributed by atoms with Crippen LogP contribution in [0.25, 0.3) is 0 Å². The first-order chi connectivity index (χ1) is 13.8. The summed E-state index contributed by atoms with van der Waals surface area (Å²) in [5.41, 5.74) is 3.67. The van der Waals surface area contributed by atoms with Crippen molar-refractivity contribution in [2.75, 3.05) is 7.11 Å². The summed E-state index contributed by atoms with van der Waals surface area (Å²) in [5.74, 6) is 1.71. The number of methoxy groups -OCH3 is 1. The van der Waals surface area contributed by atoms with E-state index in [1.54, 1.807) is 13.2 Å². The molecule has 5 rings (SSSR count). The van der Waals surface area contributed by atoms with Gasteiger partial charge in [0.05, 0.1) is 18.9 Å². The fourth-order valence-electron chi connectivity index (χ4n) is 3.96. The van der Waals surface area contributed by atoms with Crippen molar-refractivity contribution in [2.24, 2.45) is 5.10 Å². The van der Waals surface area contributed by atoms with Crippen LogP contribution in [0.5, 0.6) is 17.2 Å². The zero-order chi connectivity index (χ0) is 19.1. The third-order valence-electron chi connectivity index (χ3n) is 5.30. The Labute approximate surface area is 163 Å². The van der Waals surface area contributed by atoms with E-state index in [0.29, 0.717) is 12.2 Å². The highest BCUT2D eigenvalue weighted by molar-refractivity contribution is 6.04. The topological polar surface area (TPSA) is 54.3 Å². The summed E-state index contributed by atoms with van der Waals surface area (Å²) in [4.78, 5) is 0. The molecule has 0 unspecified atom stereocenters. The maximum atomic E-state index is 10.3. The second kappa shape index (κ2) is 6.60. The van der Waals surface area contributed by atoms with Gasteiger partial charge in [-0.1, -0.05) is 54.6 Å². The Balaban J connectivity index is 1.64. The van der Waals surface area contributed by atoms with Gasteiger partial charge >= 0.3 is 0 Å². The Hall–Kier alpha value is -3.47. The molecule has 5 nitrogen and oxygen atoms in total. The van der Waals surface area contributed by atoms with Crippen LogP contribution in [0.15, 0.2) is 77.9 Å².